The maximum absolute atomic E-state index is 5.97. The van der Waals surface area contributed by atoms with Gasteiger partial charge in [-0.2, -0.15) is 0 Å². The molecule has 0 bridgehead atoms. The smallest absolute Gasteiger partial charge is 0.0395 e. The number of hydrogen-bond acceptors (Lipinski definition) is 2. The van der Waals surface area contributed by atoms with E-state index in [0.717, 1.165) is 22.5 Å². The Bertz CT molecular complexity index is 530. The number of benzene rings is 2. The van der Waals surface area contributed by atoms with E-state index in [1.165, 1.54) is 11.1 Å². The summed E-state index contributed by atoms with van der Waals surface area (Å²) in [6.07, 6.45) is 0. The van der Waals surface area contributed by atoms with Crippen LogP contribution in [0.4, 0.5) is 11.4 Å². The minimum absolute atomic E-state index is 0.740. The molecule has 16 heavy (non-hydrogen) atoms. The van der Waals surface area contributed by atoms with Crippen LogP contribution in [0.15, 0.2) is 36.4 Å². The van der Waals surface area contributed by atoms with Gasteiger partial charge in [0, 0.05) is 16.9 Å². The highest BCUT2D eigenvalue weighted by Gasteiger charge is 2.06. The first kappa shape index (κ1) is 10.6. The Morgan fingerprint density at radius 1 is 0.812 bits per heavy atom. The molecule has 0 fully saturated rings. The molecule has 0 aliphatic heterocycles. The average Bonchev–Trinajstić information content (AvgIpc) is 2.22. The zero-order chi connectivity index (χ0) is 11.7. The third-order valence-corrected chi connectivity index (χ3v) is 2.75. The number of anilines is 2. The summed E-state index contributed by atoms with van der Waals surface area (Å²) in [5, 5.41) is 0. The van der Waals surface area contributed by atoms with Crippen molar-refractivity contribution in [3.8, 4) is 11.1 Å². The minimum Gasteiger partial charge on any atom is -0.399 e. The summed E-state index contributed by atoms with van der Waals surface area (Å²) in [4.78, 5) is 0. The van der Waals surface area contributed by atoms with E-state index >= 15 is 0 Å². The van der Waals surface area contributed by atoms with Crippen molar-refractivity contribution in [3.05, 3.63) is 47.5 Å². The fourth-order valence-corrected chi connectivity index (χ4v) is 1.92. The largest absolute Gasteiger partial charge is 0.399 e. The van der Waals surface area contributed by atoms with Crippen LogP contribution in [0.25, 0.3) is 11.1 Å². The molecule has 2 rings (SSSR count). The van der Waals surface area contributed by atoms with Crippen molar-refractivity contribution in [2.75, 3.05) is 11.5 Å². The highest BCUT2D eigenvalue weighted by Crippen LogP contribution is 2.30. The number of aryl methyl sites for hydroxylation is 2. The number of nitrogens with two attached hydrogens (primary N) is 2. The summed E-state index contributed by atoms with van der Waals surface area (Å²) in [7, 11) is 0. The average molecular weight is 212 g/mol. The van der Waals surface area contributed by atoms with Crippen LogP contribution in [0.1, 0.15) is 11.1 Å². The topological polar surface area (TPSA) is 52.0 Å². The lowest BCUT2D eigenvalue weighted by Gasteiger charge is -2.10. The van der Waals surface area contributed by atoms with E-state index in [1.807, 2.05) is 18.2 Å². The quantitative estimate of drug-likeness (QED) is 0.713. The third-order valence-electron chi connectivity index (χ3n) is 2.75. The zero-order valence-corrected chi connectivity index (χ0v) is 9.62. The first-order chi connectivity index (χ1) is 7.58. The lowest BCUT2D eigenvalue weighted by atomic mass is 9.97. The van der Waals surface area contributed by atoms with Gasteiger partial charge < -0.3 is 11.5 Å². The van der Waals surface area contributed by atoms with Gasteiger partial charge in [0.2, 0.25) is 0 Å². The molecule has 2 nitrogen and oxygen atoms in total. The number of hydrogen-bond donors (Lipinski definition) is 2. The van der Waals surface area contributed by atoms with Crippen LogP contribution in [-0.4, -0.2) is 0 Å². The van der Waals surface area contributed by atoms with Gasteiger partial charge in [-0.3, -0.25) is 0 Å². The van der Waals surface area contributed by atoms with Gasteiger partial charge in [-0.05, 0) is 43.2 Å². The highest BCUT2D eigenvalue weighted by atomic mass is 14.6. The van der Waals surface area contributed by atoms with E-state index in [9.17, 15) is 0 Å². The fourth-order valence-electron chi connectivity index (χ4n) is 1.92. The first-order valence-corrected chi connectivity index (χ1v) is 5.30. The Hall–Kier alpha value is -1.96. The van der Waals surface area contributed by atoms with Crippen LogP contribution >= 0.6 is 0 Å². The van der Waals surface area contributed by atoms with Crippen LogP contribution in [0.3, 0.4) is 0 Å². The van der Waals surface area contributed by atoms with E-state index in [-0.39, 0.29) is 0 Å². The Kier molecular flexibility index (Phi) is 2.57. The molecule has 0 saturated carbocycles. The predicted octanol–water partition coefficient (Wildman–Crippen LogP) is 3.13. The summed E-state index contributed by atoms with van der Waals surface area (Å²) < 4.78 is 0. The maximum atomic E-state index is 5.97. The van der Waals surface area contributed by atoms with Gasteiger partial charge in [0.15, 0.2) is 0 Å². The Balaban J connectivity index is 2.62. The second-order valence-corrected chi connectivity index (χ2v) is 4.17. The second-order valence-electron chi connectivity index (χ2n) is 4.17. The van der Waals surface area contributed by atoms with E-state index in [0.29, 0.717) is 0 Å². The molecule has 0 aliphatic rings. The summed E-state index contributed by atoms with van der Waals surface area (Å²) in [6.45, 7) is 4.17. The van der Waals surface area contributed by atoms with Crippen molar-refractivity contribution in [3.63, 3.8) is 0 Å². The molecule has 82 valence electrons. The lowest BCUT2D eigenvalue weighted by molar-refractivity contribution is 1.38. The van der Waals surface area contributed by atoms with Crippen LogP contribution in [-0.2, 0) is 0 Å². The fraction of sp³-hybridized carbons (Fsp3) is 0.143. The van der Waals surface area contributed by atoms with E-state index in [2.05, 4.69) is 32.0 Å². The van der Waals surface area contributed by atoms with Gasteiger partial charge in [-0.15, -0.1) is 0 Å². The SMILES string of the molecule is Cc1ccc(-c2cc(N)ccc2N)c(C)c1. The summed E-state index contributed by atoms with van der Waals surface area (Å²) in [5.41, 5.74) is 17.9. The zero-order valence-electron chi connectivity index (χ0n) is 9.62. The second kappa shape index (κ2) is 3.89. The minimum atomic E-state index is 0.740. The van der Waals surface area contributed by atoms with E-state index in [1.54, 1.807) is 0 Å². The molecule has 0 heterocycles. The molecule has 0 radical (unpaired) electrons. The molecule has 0 spiro atoms. The molecular formula is C14H16N2. The predicted molar refractivity (Wildman–Crippen MR) is 70.2 cm³/mol. The van der Waals surface area contributed by atoms with Crippen molar-refractivity contribution in [2.24, 2.45) is 0 Å². The Morgan fingerprint density at radius 3 is 2.25 bits per heavy atom. The maximum Gasteiger partial charge on any atom is 0.0395 e. The monoisotopic (exact) mass is 212 g/mol. The van der Waals surface area contributed by atoms with Crippen LogP contribution in [0.2, 0.25) is 0 Å². The normalized spacial score (nSPS) is 10.4. The van der Waals surface area contributed by atoms with Gasteiger partial charge in [-0.1, -0.05) is 23.8 Å². The summed E-state index contributed by atoms with van der Waals surface area (Å²) in [5.74, 6) is 0. The van der Waals surface area contributed by atoms with Gasteiger partial charge in [0.05, 0.1) is 0 Å². The summed E-state index contributed by atoms with van der Waals surface area (Å²) in [6, 6.07) is 11.9. The third kappa shape index (κ3) is 1.87. The van der Waals surface area contributed by atoms with Crippen LogP contribution in [0.5, 0.6) is 0 Å². The van der Waals surface area contributed by atoms with Gasteiger partial charge in [0.1, 0.15) is 0 Å². The molecule has 0 aromatic heterocycles. The Labute approximate surface area is 95.9 Å². The molecule has 4 N–H and O–H groups in total. The highest BCUT2D eigenvalue weighted by molar-refractivity contribution is 5.81. The molecule has 0 amide bonds. The summed E-state index contributed by atoms with van der Waals surface area (Å²) >= 11 is 0. The molecule has 0 aliphatic carbocycles. The van der Waals surface area contributed by atoms with E-state index < -0.39 is 0 Å². The molecule has 0 unspecified atom stereocenters. The van der Waals surface area contributed by atoms with Crippen molar-refractivity contribution in [1.29, 1.82) is 0 Å². The van der Waals surface area contributed by atoms with Crippen molar-refractivity contribution in [1.82, 2.24) is 0 Å². The molecule has 2 heteroatoms. The standard InChI is InChI=1S/C14H16N2/c1-9-3-5-12(10(2)7-9)13-8-11(15)4-6-14(13)16/h3-8H,15-16H2,1-2H3. The molecular weight excluding hydrogens is 196 g/mol. The van der Waals surface area contributed by atoms with Crippen molar-refractivity contribution >= 4 is 11.4 Å². The van der Waals surface area contributed by atoms with Gasteiger partial charge in [0.25, 0.3) is 0 Å². The molecule has 2 aromatic carbocycles. The van der Waals surface area contributed by atoms with Crippen LogP contribution in [0, 0.1) is 13.8 Å². The van der Waals surface area contributed by atoms with Crippen molar-refractivity contribution in [2.45, 2.75) is 13.8 Å². The lowest BCUT2D eigenvalue weighted by Crippen LogP contribution is -1.94. The van der Waals surface area contributed by atoms with Gasteiger partial charge >= 0.3 is 0 Å². The van der Waals surface area contributed by atoms with Crippen LogP contribution < -0.4 is 11.5 Å². The molecule has 0 atom stereocenters. The van der Waals surface area contributed by atoms with Crippen molar-refractivity contribution < 1.29 is 0 Å². The van der Waals surface area contributed by atoms with E-state index in [4.69, 9.17) is 11.5 Å². The number of nitrogen functional groups attached to an aromatic ring is 2. The van der Waals surface area contributed by atoms with Gasteiger partial charge in [-0.25, -0.2) is 0 Å². The Morgan fingerprint density at radius 2 is 1.56 bits per heavy atom. The molecule has 0 saturated heterocycles. The first-order valence-electron chi connectivity index (χ1n) is 5.30. The molecule has 2 aromatic rings. The number of rotatable bonds is 1.